The Labute approximate surface area is 144 Å². The van der Waals surface area contributed by atoms with Gasteiger partial charge in [-0.3, -0.25) is 9.79 Å². The van der Waals surface area contributed by atoms with Crippen LogP contribution in [0.5, 0.6) is 0 Å². The fraction of sp³-hybridized carbons (Fsp3) is 0.688. The Morgan fingerprint density at radius 3 is 2.79 bits per heavy atom. The van der Waals surface area contributed by atoms with Crippen LogP contribution in [0.2, 0.25) is 0 Å². The molecular formula is C16H21N3O4S. The second-order valence-electron chi connectivity index (χ2n) is 6.86. The number of hydrogen-bond donors (Lipinski definition) is 2. The number of carbonyl (C=O) groups is 2. The number of carbonyl (C=O) groups excluding carboxylic acids is 1. The van der Waals surface area contributed by atoms with Gasteiger partial charge in [-0.2, -0.15) is 0 Å². The molecule has 0 spiro atoms. The van der Waals surface area contributed by atoms with Gasteiger partial charge in [0.1, 0.15) is 6.04 Å². The van der Waals surface area contributed by atoms with Gasteiger partial charge in [0.2, 0.25) is 5.91 Å². The summed E-state index contributed by atoms with van der Waals surface area (Å²) < 4.78 is 0. The summed E-state index contributed by atoms with van der Waals surface area (Å²) >= 11 is 1.66. The van der Waals surface area contributed by atoms with E-state index < -0.39 is 24.0 Å². The van der Waals surface area contributed by atoms with Gasteiger partial charge in [0.15, 0.2) is 0 Å². The number of nitrogens with zero attached hydrogens (tertiary/aromatic N) is 3. The summed E-state index contributed by atoms with van der Waals surface area (Å²) in [6.45, 7) is 4.35. The first-order chi connectivity index (χ1) is 11.5. The number of hydrogen-bond acceptors (Lipinski definition) is 6. The van der Waals surface area contributed by atoms with E-state index in [4.69, 9.17) is 0 Å². The number of carboxylic acid groups (broad SMARTS) is 1. The van der Waals surface area contributed by atoms with Crippen molar-refractivity contribution < 1.29 is 19.8 Å². The Morgan fingerprint density at radius 2 is 2.21 bits per heavy atom. The molecule has 0 radical (unpaired) electrons. The van der Waals surface area contributed by atoms with Crippen molar-refractivity contribution in [3.8, 4) is 0 Å². The molecule has 24 heavy (non-hydrogen) atoms. The van der Waals surface area contributed by atoms with Gasteiger partial charge in [0.05, 0.1) is 23.9 Å². The SMILES string of the molecule is C[C@@H](O)[C@H]1C(=O)N2[C@@H](C(=O)O)C=C(SC3CN(C4=NCCC4)C3)[C@H]12. The molecule has 2 fully saturated rings. The number of thioether (sulfide) groups is 1. The summed E-state index contributed by atoms with van der Waals surface area (Å²) in [5.41, 5.74) is 0. The molecule has 0 saturated carbocycles. The van der Waals surface area contributed by atoms with Crippen LogP contribution >= 0.6 is 11.8 Å². The summed E-state index contributed by atoms with van der Waals surface area (Å²) in [6.07, 6.45) is 3.11. The molecule has 4 aliphatic heterocycles. The van der Waals surface area contributed by atoms with Crippen molar-refractivity contribution in [1.29, 1.82) is 0 Å². The Bertz CT molecular complexity index is 641. The maximum Gasteiger partial charge on any atom is 0.330 e. The summed E-state index contributed by atoms with van der Waals surface area (Å²) in [4.78, 5) is 32.7. The van der Waals surface area contributed by atoms with Gasteiger partial charge < -0.3 is 20.0 Å². The van der Waals surface area contributed by atoms with Crippen molar-refractivity contribution in [1.82, 2.24) is 9.80 Å². The number of fused-ring (bicyclic) bond motifs is 1. The first-order valence-corrected chi connectivity index (χ1v) is 9.25. The molecule has 8 heteroatoms. The number of amides is 1. The van der Waals surface area contributed by atoms with Crippen LogP contribution in [0.3, 0.4) is 0 Å². The zero-order valence-electron chi connectivity index (χ0n) is 13.5. The van der Waals surface area contributed by atoms with Crippen molar-refractivity contribution in [3.63, 3.8) is 0 Å². The van der Waals surface area contributed by atoms with E-state index in [0.717, 1.165) is 37.4 Å². The van der Waals surface area contributed by atoms with Gasteiger partial charge in [0.25, 0.3) is 0 Å². The minimum atomic E-state index is -1.01. The lowest BCUT2D eigenvalue weighted by Gasteiger charge is -2.48. The van der Waals surface area contributed by atoms with Crippen LogP contribution in [0.4, 0.5) is 0 Å². The topological polar surface area (TPSA) is 93.4 Å². The van der Waals surface area contributed by atoms with E-state index in [9.17, 15) is 19.8 Å². The molecule has 0 aromatic carbocycles. The molecule has 4 atom stereocenters. The highest BCUT2D eigenvalue weighted by Crippen LogP contribution is 2.47. The predicted molar refractivity (Wildman–Crippen MR) is 89.8 cm³/mol. The number of amidine groups is 1. The van der Waals surface area contributed by atoms with E-state index in [1.165, 1.54) is 10.7 Å². The van der Waals surface area contributed by atoms with Crippen molar-refractivity contribution in [2.75, 3.05) is 19.6 Å². The molecule has 4 aliphatic rings. The highest BCUT2D eigenvalue weighted by molar-refractivity contribution is 8.03. The third-order valence-electron chi connectivity index (χ3n) is 5.23. The van der Waals surface area contributed by atoms with Crippen LogP contribution in [-0.2, 0) is 9.59 Å². The van der Waals surface area contributed by atoms with Crippen LogP contribution in [0, 0.1) is 5.92 Å². The quantitative estimate of drug-likeness (QED) is 0.701. The largest absolute Gasteiger partial charge is 0.479 e. The van der Waals surface area contributed by atoms with Crippen LogP contribution in [-0.4, -0.2) is 80.8 Å². The minimum absolute atomic E-state index is 0.259. The van der Waals surface area contributed by atoms with E-state index in [2.05, 4.69) is 9.89 Å². The molecule has 2 saturated heterocycles. The monoisotopic (exact) mass is 351 g/mol. The molecule has 7 nitrogen and oxygen atoms in total. The summed E-state index contributed by atoms with van der Waals surface area (Å²) in [6, 6.07) is -1.17. The highest BCUT2D eigenvalue weighted by atomic mass is 32.2. The molecule has 130 valence electrons. The molecule has 2 N–H and O–H groups in total. The van der Waals surface area contributed by atoms with E-state index in [1.54, 1.807) is 24.8 Å². The normalized spacial score (nSPS) is 33.6. The minimum Gasteiger partial charge on any atom is -0.479 e. The first kappa shape index (κ1) is 16.0. The van der Waals surface area contributed by atoms with Crippen molar-refractivity contribution in [2.24, 2.45) is 10.9 Å². The highest BCUT2D eigenvalue weighted by Gasteiger charge is 2.59. The van der Waals surface area contributed by atoms with E-state index in [1.807, 2.05) is 0 Å². The maximum absolute atomic E-state index is 12.2. The van der Waals surface area contributed by atoms with Crippen molar-refractivity contribution in [2.45, 2.75) is 43.2 Å². The van der Waals surface area contributed by atoms with Crippen LogP contribution < -0.4 is 0 Å². The number of aliphatic hydroxyl groups is 1. The predicted octanol–water partition coefficient (Wildman–Crippen LogP) is 0.155. The third-order valence-corrected chi connectivity index (χ3v) is 6.52. The fourth-order valence-corrected chi connectivity index (χ4v) is 5.46. The molecule has 0 aromatic rings. The van der Waals surface area contributed by atoms with Crippen molar-refractivity contribution in [3.05, 3.63) is 11.0 Å². The molecule has 0 aromatic heterocycles. The van der Waals surface area contributed by atoms with Gasteiger partial charge in [-0.05, 0) is 19.4 Å². The molecule has 0 unspecified atom stereocenters. The van der Waals surface area contributed by atoms with Gasteiger partial charge >= 0.3 is 5.97 Å². The Morgan fingerprint density at radius 1 is 1.46 bits per heavy atom. The van der Waals surface area contributed by atoms with E-state index in [0.29, 0.717) is 5.25 Å². The zero-order valence-corrected chi connectivity index (χ0v) is 14.3. The molecule has 0 bridgehead atoms. The van der Waals surface area contributed by atoms with Gasteiger partial charge in [-0.1, -0.05) is 0 Å². The first-order valence-electron chi connectivity index (χ1n) is 8.37. The lowest BCUT2D eigenvalue weighted by Crippen LogP contribution is -2.65. The van der Waals surface area contributed by atoms with Gasteiger partial charge in [-0.25, -0.2) is 4.79 Å². The number of carboxylic acids is 1. The average molecular weight is 351 g/mol. The van der Waals surface area contributed by atoms with Gasteiger partial charge in [0, 0.05) is 36.2 Å². The third kappa shape index (κ3) is 2.35. The molecule has 1 amide bonds. The second-order valence-corrected chi connectivity index (χ2v) is 8.23. The number of aliphatic imine (C=N–C) groups is 1. The molecule has 0 aliphatic carbocycles. The number of β-lactam (4-membered cyclic amide) rings is 1. The van der Waals surface area contributed by atoms with E-state index in [-0.39, 0.29) is 11.9 Å². The number of aliphatic carboxylic acids is 1. The zero-order chi connectivity index (χ0) is 17.0. The van der Waals surface area contributed by atoms with Crippen LogP contribution in [0.15, 0.2) is 16.0 Å². The average Bonchev–Trinajstić information content (AvgIpc) is 3.07. The second kappa shape index (κ2) is 5.77. The fourth-order valence-electron chi connectivity index (χ4n) is 3.96. The smallest absolute Gasteiger partial charge is 0.330 e. The Hall–Kier alpha value is -1.54. The lowest BCUT2D eigenvalue weighted by molar-refractivity contribution is -0.168. The maximum atomic E-state index is 12.2. The van der Waals surface area contributed by atoms with Crippen LogP contribution in [0.25, 0.3) is 0 Å². The van der Waals surface area contributed by atoms with Gasteiger partial charge in [-0.15, -0.1) is 11.8 Å². The van der Waals surface area contributed by atoms with Crippen LogP contribution in [0.1, 0.15) is 19.8 Å². The molecule has 4 heterocycles. The Balaban J connectivity index is 1.43. The van der Waals surface area contributed by atoms with E-state index >= 15 is 0 Å². The number of aliphatic hydroxyl groups excluding tert-OH is 1. The summed E-state index contributed by atoms with van der Waals surface area (Å²) in [7, 11) is 0. The summed E-state index contributed by atoms with van der Waals surface area (Å²) in [5, 5.41) is 19.6. The Kier molecular flexibility index (Phi) is 3.84. The molecule has 4 rings (SSSR count). The lowest BCUT2D eigenvalue weighted by atomic mass is 9.84. The summed E-state index contributed by atoms with van der Waals surface area (Å²) in [5.74, 6) is -0.588. The molecular weight excluding hydrogens is 330 g/mol. The number of likely N-dealkylation sites (tertiary alicyclic amines) is 1. The standard InChI is InChI=1S/C16H21N3O4S/c1-8(20)13-14-11(5-10(16(22)23)19(14)15(13)21)24-9-6-18(7-9)12-3-2-4-17-12/h5,8-10,13-14,20H,2-4,6-7H2,1H3,(H,22,23)/t8-,10-,13-,14-/m1/s1. The number of rotatable bonds is 4. The van der Waals surface area contributed by atoms with Crippen molar-refractivity contribution >= 4 is 29.5 Å².